The average Bonchev–Trinajstić information content (AvgIpc) is 3.15. The lowest BCUT2D eigenvalue weighted by Gasteiger charge is -2.09. The zero-order chi connectivity index (χ0) is 37.7. The fraction of sp³-hybridized carbons (Fsp3) is 0.588. The van der Waals surface area contributed by atoms with Crippen LogP contribution in [0.5, 0.6) is 11.5 Å². The van der Waals surface area contributed by atoms with Gasteiger partial charge in [-0.05, 0) is 24.3 Å². The molecular formula is C34H45F5O13. The van der Waals surface area contributed by atoms with E-state index in [-0.39, 0.29) is 26.4 Å². The van der Waals surface area contributed by atoms with Gasteiger partial charge < -0.3 is 52.1 Å². The molecule has 0 radical (unpaired) electrons. The number of hydrogen-bond donors (Lipinski definition) is 0. The average molecular weight is 757 g/mol. The molecule has 0 saturated heterocycles. The summed E-state index contributed by atoms with van der Waals surface area (Å²) in [5, 5.41) is 0. The Bertz CT molecular complexity index is 1230. The third-order valence-corrected chi connectivity index (χ3v) is 6.32. The largest absolute Gasteiger partial charge is 0.491 e. The van der Waals surface area contributed by atoms with Crippen LogP contribution in [0, 0.1) is 29.1 Å². The monoisotopic (exact) mass is 756 g/mol. The van der Waals surface area contributed by atoms with E-state index >= 15 is 0 Å². The second-order valence-corrected chi connectivity index (χ2v) is 10.2. The Hall–Kier alpha value is -3.33. The normalized spacial score (nSPS) is 11.2. The predicted molar refractivity (Wildman–Crippen MR) is 171 cm³/mol. The van der Waals surface area contributed by atoms with Crippen LogP contribution in [0.25, 0.3) is 0 Å². The van der Waals surface area contributed by atoms with Crippen LogP contribution in [0.3, 0.4) is 0 Å². The minimum atomic E-state index is -2.35. The quantitative estimate of drug-likeness (QED) is 0.0199. The van der Waals surface area contributed by atoms with Crippen molar-refractivity contribution in [2.75, 3.05) is 126 Å². The summed E-state index contributed by atoms with van der Waals surface area (Å²) in [5.74, 6) is -13.5. The second kappa shape index (κ2) is 29.2. The molecule has 13 nitrogen and oxygen atoms in total. The Morgan fingerprint density at radius 2 is 0.750 bits per heavy atom. The van der Waals surface area contributed by atoms with Crippen LogP contribution >= 0.6 is 0 Å². The highest BCUT2D eigenvalue weighted by Crippen LogP contribution is 2.29. The van der Waals surface area contributed by atoms with E-state index in [0.717, 1.165) is 6.29 Å². The van der Waals surface area contributed by atoms with Gasteiger partial charge in [0.25, 0.3) is 0 Å². The fourth-order valence-electron chi connectivity index (χ4n) is 3.72. The Morgan fingerprint density at radius 3 is 1.10 bits per heavy atom. The van der Waals surface area contributed by atoms with Crippen LogP contribution in [0.4, 0.5) is 22.0 Å². The number of esters is 1. The summed E-state index contributed by atoms with van der Waals surface area (Å²) in [4.78, 5) is 22.3. The van der Waals surface area contributed by atoms with E-state index in [9.17, 15) is 31.5 Å². The minimum absolute atomic E-state index is 0.0760. The van der Waals surface area contributed by atoms with E-state index in [0.29, 0.717) is 110 Å². The Balaban J connectivity index is 1.22. The van der Waals surface area contributed by atoms with Gasteiger partial charge in [0, 0.05) is 5.56 Å². The van der Waals surface area contributed by atoms with Crippen molar-refractivity contribution in [1.82, 2.24) is 0 Å². The molecule has 2 rings (SSSR count). The summed E-state index contributed by atoms with van der Waals surface area (Å²) in [7, 11) is 0. The summed E-state index contributed by atoms with van der Waals surface area (Å²) < 4.78 is 125. The molecule has 0 atom stereocenters. The van der Waals surface area contributed by atoms with Gasteiger partial charge in [0.1, 0.15) is 18.6 Å². The van der Waals surface area contributed by atoms with Gasteiger partial charge in [-0.1, -0.05) is 0 Å². The highest BCUT2D eigenvalue weighted by atomic mass is 19.2. The molecule has 0 bridgehead atoms. The summed E-state index contributed by atoms with van der Waals surface area (Å²) in [6.07, 6.45) is 0.287. The van der Waals surface area contributed by atoms with Gasteiger partial charge in [-0.3, -0.25) is 9.59 Å². The predicted octanol–water partition coefficient (Wildman–Crippen LogP) is 3.72. The van der Waals surface area contributed by atoms with Crippen LogP contribution in [0.2, 0.25) is 0 Å². The molecule has 294 valence electrons. The molecule has 0 spiro atoms. The molecule has 0 heterocycles. The van der Waals surface area contributed by atoms with Crippen molar-refractivity contribution in [1.29, 1.82) is 0 Å². The van der Waals surface area contributed by atoms with Crippen molar-refractivity contribution in [2.45, 2.75) is 6.42 Å². The zero-order valence-electron chi connectivity index (χ0n) is 28.7. The van der Waals surface area contributed by atoms with E-state index in [1.807, 2.05) is 0 Å². The summed E-state index contributed by atoms with van der Waals surface area (Å²) in [5.41, 5.74) is 0.596. The van der Waals surface area contributed by atoms with E-state index < -0.39 is 47.2 Å². The summed E-state index contributed by atoms with van der Waals surface area (Å²) in [6.45, 7) is 6.43. The van der Waals surface area contributed by atoms with Gasteiger partial charge in [0.05, 0.1) is 125 Å². The van der Waals surface area contributed by atoms with E-state index in [1.165, 1.54) is 0 Å². The van der Waals surface area contributed by atoms with Crippen LogP contribution in [0.15, 0.2) is 24.3 Å². The molecule has 0 aliphatic rings. The lowest BCUT2D eigenvalue weighted by Crippen LogP contribution is -2.16. The van der Waals surface area contributed by atoms with Crippen molar-refractivity contribution in [2.24, 2.45) is 0 Å². The molecular weight excluding hydrogens is 711 g/mol. The number of benzene rings is 2. The lowest BCUT2D eigenvalue weighted by molar-refractivity contribution is -0.136. The molecule has 0 aliphatic carbocycles. The molecule has 0 unspecified atom stereocenters. The van der Waals surface area contributed by atoms with Gasteiger partial charge in [-0.25, -0.2) is 13.2 Å². The lowest BCUT2D eigenvalue weighted by atomic mass is 10.2. The van der Waals surface area contributed by atoms with Crippen molar-refractivity contribution in [3.63, 3.8) is 0 Å². The van der Waals surface area contributed by atoms with E-state index in [4.69, 9.17) is 47.4 Å². The summed E-state index contributed by atoms with van der Waals surface area (Å²) in [6, 6.07) is 6.84. The molecule has 0 aromatic heterocycles. The second-order valence-electron chi connectivity index (χ2n) is 10.2. The van der Waals surface area contributed by atoms with Crippen molar-refractivity contribution < 1.29 is 83.6 Å². The van der Waals surface area contributed by atoms with Crippen LogP contribution in [-0.4, -0.2) is 138 Å². The van der Waals surface area contributed by atoms with Gasteiger partial charge in [-0.2, -0.15) is 8.78 Å². The Labute approximate surface area is 298 Å². The van der Waals surface area contributed by atoms with Crippen LogP contribution in [-0.2, 0) is 47.4 Å². The highest BCUT2D eigenvalue weighted by molar-refractivity contribution is 5.74. The maximum Gasteiger partial charge on any atom is 0.313 e. The highest BCUT2D eigenvalue weighted by Gasteiger charge is 2.28. The molecule has 0 N–H and O–H groups in total. The Morgan fingerprint density at radius 1 is 0.442 bits per heavy atom. The van der Waals surface area contributed by atoms with Gasteiger partial charge in [0.15, 0.2) is 0 Å². The smallest absolute Gasteiger partial charge is 0.313 e. The van der Waals surface area contributed by atoms with Gasteiger partial charge >= 0.3 is 5.97 Å². The first-order chi connectivity index (χ1) is 25.3. The molecule has 0 aliphatic heterocycles. The molecule has 2 aromatic rings. The number of carbonyl (C=O) groups excluding carboxylic acids is 2. The SMILES string of the molecule is O=Cc1ccc(OCCOCCOCCOCCOCCOCCOCCOCCOCCOCCC(=O)Oc2c(F)c(F)c(F)c(F)c2F)cc1. The number of carbonyl (C=O) groups is 2. The van der Waals surface area contributed by atoms with Crippen molar-refractivity contribution in [3.8, 4) is 11.5 Å². The molecule has 0 saturated carbocycles. The first-order valence-electron chi connectivity index (χ1n) is 16.4. The third-order valence-electron chi connectivity index (χ3n) is 6.32. The van der Waals surface area contributed by atoms with Crippen molar-refractivity contribution in [3.05, 3.63) is 58.9 Å². The zero-order valence-corrected chi connectivity index (χ0v) is 28.7. The first kappa shape index (κ1) is 44.8. The number of halogens is 5. The minimum Gasteiger partial charge on any atom is -0.491 e. The maximum absolute atomic E-state index is 13.5. The van der Waals surface area contributed by atoms with Gasteiger partial charge in [0.2, 0.25) is 34.8 Å². The van der Waals surface area contributed by atoms with Crippen molar-refractivity contribution >= 4 is 12.3 Å². The Kier molecular flexibility index (Phi) is 25.1. The third kappa shape index (κ3) is 20.1. The molecule has 2 aromatic carbocycles. The van der Waals surface area contributed by atoms with E-state index in [2.05, 4.69) is 4.74 Å². The standard InChI is InChI=1S/C34H45F5O13/c35-29-30(36)32(38)34(33(39)31(29)37)52-28(41)5-6-42-7-8-43-9-10-44-11-12-45-13-14-46-15-16-47-17-18-48-19-20-49-21-22-50-23-24-51-27-3-1-26(25-40)2-4-27/h1-4,25H,5-24H2. The molecule has 0 fully saturated rings. The molecule has 0 amide bonds. The first-order valence-corrected chi connectivity index (χ1v) is 16.4. The fourth-order valence-corrected chi connectivity index (χ4v) is 3.72. The van der Waals surface area contributed by atoms with Gasteiger partial charge in [-0.15, -0.1) is 0 Å². The number of aldehydes is 1. The summed E-state index contributed by atoms with van der Waals surface area (Å²) >= 11 is 0. The molecule has 52 heavy (non-hydrogen) atoms. The van der Waals surface area contributed by atoms with Crippen LogP contribution in [0.1, 0.15) is 16.8 Å². The topological polar surface area (TPSA) is 136 Å². The maximum atomic E-state index is 13.5. The van der Waals surface area contributed by atoms with Crippen LogP contribution < -0.4 is 9.47 Å². The van der Waals surface area contributed by atoms with E-state index in [1.54, 1.807) is 24.3 Å². The number of hydrogen-bond acceptors (Lipinski definition) is 13. The molecule has 18 heteroatoms. The number of rotatable bonds is 33. The number of ether oxygens (including phenoxy) is 11.